The van der Waals surface area contributed by atoms with E-state index in [2.05, 4.69) is 11.8 Å². The molecule has 0 saturated carbocycles. The van der Waals surface area contributed by atoms with Crippen molar-refractivity contribution in [2.24, 2.45) is 11.1 Å². The number of piperidine rings is 1. The van der Waals surface area contributed by atoms with Crippen LogP contribution in [0.5, 0.6) is 0 Å². The Balaban J connectivity index is 2.26. The molecule has 21 heavy (non-hydrogen) atoms. The highest BCUT2D eigenvalue weighted by atomic mass is 32.2. The third-order valence-electron chi connectivity index (χ3n) is 4.48. The van der Waals surface area contributed by atoms with Crippen molar-refractivity contribution in [2.45, 2.75) is 38.0 Å². The maximum absolute atomic E-state index is 12.4. The number of hydrogen-bond donors (Lipinski definition) is 1. The van der Waals surface area contributed by atoms with E-state index in [1.807, 2.05) is 19.1 Å². The maximum Gasteiger partial charge on any atom is 0.180 e. The van der Waals surface area contributed by atoms with Crippen LogP contribution in [0.15, 0.2) is 29.2 Å². The van der Waals surface area contributed by atoms with Gasteiger partial charge in [0.05, 0.1) is 16.3 Å². The molecular weight excluding hydrogens is 284 g/mol. The van der Waals surface area contributed by atoms with Gasteiger partial charge in [-0.05, 0) is 43.4 Å². The zero-order chi connectivity index (χ0) is 15.5. The molecule has 0 amide bonds. The van der Waals surface area contributed by atoms with Gasteiger partial charge in [-0.2, -0.15) is 0 Å². The molecule has 2 rings (SSSR count). The van der Waals surface area contributed by atoms with E-state index in [1.165, 1.54) is 0 Å². The Labute approximate surface area is 128 Å². The fraction of sp³-hybridized carbons (Fsp3) is 0.625. The van der Waals surface area contributed by atoms with Gasteiger partial charge < -0.3 is 10.6 Å². The van der Waals surface area contributed by atoms with Crippen molar-refractivity contribution in [1.29, 1.82) is 0 Å². The fourth-order valence-corrected chi connectivity index (χ4v) is 4.41. The number of para-hydroxylation sites is 1. The Morgan fingerprint density at radius 3 is 2.43 bits per heavy atom. The molecule has 5 heteroatoms. The van der Waals surface area contributed by atoms with Crippen molar-refractivity contribution >= 4 is 15.5 Å². The van der Waals surface area contributed by atoms with Crippen molar-refractivity contribution in [3.63, 3.8) is 0 Å². The number of hydrogen-bond acceptors (Lipinski definition) is 4. The first-order valence-electron chi connectivity index (χ1n) is 7.69. The minimum absolute atomic E-state index is 0.188. The van der Waals surface area contributed by atoms with E-state index in [0.29, 0.717) is 17.9 Å². The molecule has 1 aromatic rings. The van der Waals surface area contributed by atoms with E-state index in [4.69, 9.17) is 5.73 Å². The quantitative estimate of drug-likeness (QED) is 0.907. The Bertz CT molecular complexity index is 576. The van der Waals surface area contributed by atoms with E-state index in [0.717, 1.165) is 31.6 Å². The summed E-state index contributed by atoms with van der Waals surface area (Å²) >= 11 is 0. The molecule has 0 aliphatic carbocycles. The first kappa shape index (κ1) is 16.3. The Morgan fingerprint density at radius 2 is 1.86 bits per heavy atom. The predicted octanol–water partition coefficient (Wildman–Crippen LogP) is 2.44. The van der Waals surface area contributed by atoms with E-state index in [1.54, 1.807) is 12.1 Å². The monoisotopic (exact) mass is 310 g/mol. The first-order chi connectivity index (χ1) is 9.92. The molecule has 0 unspecified atom stereocenters. The molecule has 0 aromatic heterocycles. The zero-order valence-corrected chi connectivity index (χ0v) is 13.8. The summed E-state index contributed by atoms with van der Waals surface area (Å²) < 4.78 is 24.9. The molecule has 0 spiro atoms. The molecule has 1 aliphatic heterocycles. The van der Waals surface area contributed by atoms with E-state index in [-0.39, 0.29) is 11.2 Å². The van der Waals surface area contributed by atoms with E-state index in [9.17, 15) is 8.42 Å². The van der Waals surface area contributed by atoms with Crippen LogP contribution in [0.2, 0.25) is 0 Å². The van der Waals surface area contributed by atoms with Gasteiger partial charge in [-0.1, -0.05) is 26.0 Å². The molecule has 0 atom stereocenters. The smallest absolute Gasteiger partial charge is 0.180 e. The lowest BCUT2D eigenvalue weighted by Gasteiger charge is -2.40. The van der Waals surface area contributed by atoms with Gasteiger partial charge in [-0.3, -0.25) is 0 Å². The molecule has 118 valence electrons. The Morgan fingerprint density at radius 1 is 1.24 bits per heavy atom. The standard InChI is InChI=1S/C16H26N2O2S/c1-3-12-21(19,20)15-7-5-4-6-14(15)18-10-8-16(2,13-17)9-11-18/h4-7H,3,8-13,17H2,1-2H3. The molecule has 1 heterocycles. The lowest BCUT2D eigenvalue weighted by Crippen LogP contribution is -2.42. The molecule has 4 nitrogen and oxygen atoms in total. The summed E-state index contributed by atoms with van der Waals surface area (Å²) in [5.74, 6) is 0.207. The summed E-state index contributed by atoms with van der Waals surface area (Å²) in [4.78, 5) is 2.67. The number of rotatable bonds is 5. The minimum atomic E-state index is -3.19. The van der Waals surface area contributed by atoms with E-state index >= 15 is 0 Å². The van der Waals surface area contributed by atoms with Gasteiger partial charge in [-0.15, -0.1) is 0 Å². The van der Waals surface area contributed by atoms with Crippen LogP contribution in [0.4, 0.5) is 5.69 Å². The highest BCUT2D eigenvalue weighted by Gasteiger charge is 2.30. The largest absolute Gasteiger partial charge is 0.370 e. The molecular formula is C16H26N2O2S. The number of nitrogens with zero attached hydrogens (tertiary/aromatic N) is 1. The Kier molecular flexibility index (Phi) is 4.94. The second kappa shape index (κ2) is 6.36. The van der Waals surface area contributed by atoms with Crippen molar-refractivity contribution in [3.8, 4) is 0 Å². The Hall–Kier alpha value is -1.07. The summed E-state index contributed by atoms with van der Waals surface area (Å²) in [6.45, 7) is 6.53. The van der Waals surface area contributed by atoms with Gasteiger partial charge in [0.25, 0.3) is 0 Å². The normalized spacial score (nSPS) is 18.7. The lowest BCUT2D eigenvalue weighted by atomic mass is 9.80. The summed E-state index contributed by atoms with van der Waals surface area (Å²) in [6.07, 6.45) is 2.65. The van der Waals surface area contributed by atoms with Gasteiger partial charge in [0.15, 0.2) is 9.84 Å². The second-order valence-corrected chi connectivity index (χ2v) is 8.37. The third-order valence-corrected chi connectivity index (χ3v) is 6.44. The number of nitrogens with two attached hydrogens (primary N) is 1. The van der Waals surface area contributed by atoms with Gasteiger partial charge in [0.2, 0.25) is 0 Å². The first-order valence-corrected chi connectivity index (χ1v) is 9.34. The molecule has 0 bridgehead atoms. The summed E-state index contributed by atoms with van der Waals surface area (Å²) in [5.41, 5.74) is 6.89. The number of anilines is 1. The van der Waals surface area contributed by atoms with Crippen molar-refractivity contribution in [1.82, 2.24) is 0 Å². The molecule has 1 fully saturated rings. The van der Waals surface area contributed by atoms with Crippen molar-refractivity contribution in [2.75, 3.05) is 30.3 Å². The lowest BCUT2D eigenvalue weighted by molar-refractivity contribution is 0.258. The molecule has 0 radical (unpaired) electrons. The fourth-order valence-electron chi connectivity index (χ4n) is 2.85. The maximum atomic E-state index is 12.4. The molecule has 1 aromatic carbocycles. The van der Waals surface area contributed by atoms with Gasteiger partial charge in [0, 0.05) is 13.1 Å². The second-order valence-electron chi connectivity index (χ2n) is 6.29. The highest BCUT2D eigenvalue weighted by Crippen LogP contribution is 2.34. The average Bonchev–Trinajstić information content (AvgIpc) is 2.48. The average molecular weight is 310 g/mol. The number of benzene rings is 1. The third kappa shape index (κ3) is 3.58. The van der Waals surface area contributed by atoms with Crippen LogP contribution in [-0.2, 0) is 9.84 Å². The van der Waals surface area contributed by atoms with Crippen LogP contribution in [0.3, 0.4) is 0 Å². The van der Waals surface area contributed by atoms with Crippen LogP contribution in [0, 0.1) is 5.41 Å². The van der Waals surface area contributed by atoms with E-state index < -0.39 is 9.84 Å². The molecule has 1 saturated heterocycles. The number of sulfone groups is 1. The van der Waals surface area contributed by atoms with Crippen LogP contribution in [-0.4, -0.2) is 33.8 Å². The van der Waals surface area contributed by atoms with Crippen LogP contribution >= 0.6 is 0 Å². The van der Waals surface area contributed by atoms with Crippen molar-refractivity contribution < 1.29 is 8.42 Å². The van der Waals surface area contributed by atoms with Crippen LogP contribution in [0.25, 0.3) is 0 Å². The molecule has 1 aliphatic rings. The SMILES string of the molecule is CCCS(=O)(=O)c1ccccc1N1CCC(C)(CN)CC1. The van der Waals surface area contributed by atoms with Gasteiger partial charge >= 0.3 is 0 Å². The summed E-state index contributed by atoms with van der Waals surface area (Å²) in [6, 6.07) is 7.38. The van der Waals surface area contributed by atoms with Crippen LogP contribution in [0.1, 0.15) is 33.1 Å². The van der Waals surface area contributed by atoms with Crippen LogP contribution < -0.4 is 10.6 Å². The zero-order valence-electron chi connectivity index (χ0n) is 13.0. The summed E-state index contributed by atoms with van der Waals surface area (Å²) in [5, 5.41) is 0. The topological polar surface area (TPSA) is 63.4 Å². The predicted molar refractivity (Wildman–Crippen MR) is 87.4 cm³/mol. The van der Waals surface area contributed by atoms with Gasteiger partial charge in [-0.25, -0.2) is 8.42 Å². The van der Waals surface area contributed by atoms with Crippen molar-refractivity contribution in [3.05, 3.63) is 24.3 Å². The summed E-state index contributed by atoms with van der Waals surface area (Å²) in [7, 11) is -3.19. The molecule has 2 N–H and O–H groups in total. The minimum Gasteiger partial charge on any atom is -0.370 e. The van der Waals surface area contributed by atoms with Gasteiger partial charge in [0.1, 0.15) is 0 Å². The highest BCUT2D eigenvalue weighted by molar-refractivity contribution is 7.91.